The molecular formula is C23H27N3O5S2. The number of thiazole rings is 1. The van der Waals surface area contributed by atoms with Gasteiger partial charge in [0, 0.05) is 32.6 Å². The fraction of sp³-hybridized carbons (Fsp3) is 0.391. The lowest BCUT2D eigenvalue weighted by Gasteiger charge is -2.34. The van der Waals surface area contributed by atoms with Gasteiger partial charge < -0.3 is 19.3 Å². The van der Waals surface area contributed by atoms with Gasteiger partial charge in [-0.1, -0.05) is 17.4 Å². The second-order valence-electron chi connectivity index (χ2n) is 7.64. The van der Waals surface area contributed by atoms with Crippen LogP contribution in [0.2, 0.25) is 0 Å². The van der Waals surface area contributed by atoms with Crippen LogP contribution in [0.1, 0.15) is 13.3 Å². The molecule has 4 rings (SSSR count). The van der Waals surface area contributed by atoms with E-state index in [1.54, 1.807) is 28.4 Å². The first-order valence-electron chi connectivity index (χ1n) is 10.8. The van der Waals surface area contributed by atoms with Crippen LogP contribution in [0.15, 0.2) is 47.4 Å². The maximum Gasteiger partial charge on any atom is 0.223 e. The van der Waals surface area contributed by atoms with E-state index in [2.05, 4.69) is 4.90 Å². The summed E-state index contributed by atoms with van der Waals surface area (Å²) in [6.45, 7) is 4.92. The van der Waals surface area contributed by atoms with E-state index in [9.17, 15) is 13.2 Å². The Morgan fingerprint density at radius 1 is 1.09 bits per heavy atom. The minimum atomic E-state index is -3.53. The van der Waals surface area contributed by atoms with E-state index in [1.807, 2.05) is 25.1 Å². The predicted molar refractivity (Wildman–Crippen MR) is 129 cm³/mol. The smallest absolute Gasteiger partial charge is 0.223 e. The zero-order valence-electron chi connectivity index (χ0n) is 18.7. The molecule has 2 heterocycles. The first-order valence-corrected chi connectivity index (χ1v) is 13.3. The number of carbonyl (C=O) groups is 1. The lowest BCUT2D eigenvalue weighted by Crippen LogP contribution is -2.49. The number of carbonyl (C=O) groups excluding carboxylic acids is 1. The van der Waals surface area contributed by atoms with E-state index in [1.165, 1.54) is 19.2 Å². The standard InChI is InChI=1S/C23H27N3O5S2/c1-3-31-19-5-4-6-20-22(19)24-23(32-20)26-14-12-25(13-15-26)21(27)11-16-33(28,29)18-9-7-17(30-2)8-10-18/h4-10H,3,11-16H2,1-2H3. The van der Waals surface area contributed by atoms with Crippen molar-refractivity contribution in [3.05, 3.63) is 42.5 Å². The molecular weight excluding hydrogens is 462 g/mol. The summed E-state index contributed by atoms with van der Waals surface area (Å²) in [5, 5.41) is 0.909. The predicted octanol–water partition coefficient (Wildman–Crippen LogP) is 3.22. The second kappa shape index (κ2) is 9.96. The van der Waals surface area contributed by atoms with Gasteiger partial charge in [-0.25, -0.2) is 13.4 Å². The molecule has 2 aromatic carbocycles. The average molecular weight is 490 g/mol. The number of para-hydroxylation sites is 1. The van der Waals surface area contributed by atoms with E-state index in [4.69, 9.17) is 14.5 Å². The number of sulfone groups is 1. The Balaban J connectivity index is 1.33. The molecule has 0 spiro atoms. The van der Waals surface area contributed by atoms with Crippen LogP contribution in [0.5, 0.6) is 11.5 Å². The molecule has 0 saturated carbocycles. The van der Waals surface area contributed by atoms with Gasteiger partial charge in [-0.2, -0.15) is 0 Å². The number of ether oxygens (including phenoxy) is 2. The average Bonchev–Trinajstić information content (AvgIpc) is 3.28. The Kier molecular flexibility index (Phi) is 7.04. The monoisotopic (exact) mass is 489 g/mol. The molecule has 1 aliphatic rings. The summed E-state index contributed by atoms with van der Waals surface area (Å²) in [5.41, 5.74) is 0.863. The molecule has 1 saturated heterocycles. The van der Waals surface area contributed by atoms with Crippen molar-refractivity contribution in [2.24, 2.45) is 0 Å². The van der Waals surface area contributed by atoms with Gasteiger partial charge in [-0.3, -0.25) is 4.79 Å². The Morgan fingerprint density at radius 2 is 1.82 bits per heavy atom. The number of hydrogen-bond donors (Lipinski definition) is 0. The van der Waals surface area contributed by atoms with Crippen molar-refractivity contribution in [1.29, 1.82) is 0 Å². The third-order valence-corrected chi connectivity index (χ3v) is 8.39. The normalized spacial score (nSPS) is 14.5. The quantitative estimate of drug-likeness (QED) is 0.480. The number of piperazine rings is 1. The maximum absolute atomic E-state index is 12.7. The molecule has 1 fully saturated rings. The van der Waals surface area contributed by atoms with Crippen LogP contribution in [-0.4, -0.2) is 69.9 Å². The Labute approximate surface area is 197 Å². The van der Waals surface area contributed by atoms with Crippen LogP contribution >= 0.6 is 11.3 Å². The maximum atomic E-state index is 12.7. The largest absolute Gasteiger partial charge is 0.497 e. The minimum absolute atomic E-state index is 0.0345. The number of nitrogens with zero attached hydrogens (tertiary/aromatic N) is 3. The number of hydrogen-bond acceptors (Lipinski definition) is 8. The van der Waals surface area contributed by atoms with E-state index in [0.29, 0.717) is 38.5 Å². The van der Waals surface area contributed by atoms with Crippen molar-refractivity contribution in [3.8, 4) is 11.5 Å². The molecule has 10 heteroatoms. The first-order chi connectivity index (χ1) is 15.9. The highest BCUT2D eigenvalue weighted by Gasteiger charge is 2.25. The molecule has 0 unspecified atom stereocenters. The van der Waals surface area contributed by atoms with Crippen LogP contribution < -0.4 is 14.4 Å². The molecule has 1 aliphatic heterocycles. The highest BCUT2D eigenvalue weighted by molar-refractivity contribution is 7.91. The highest BCUT2D eigenvalue weighted by Crippen LogP contribution is 2.34. The molecule has 176 valence electrons. The minimum Gasteiger partial charge on any atom is -0.497 e. The van der Waals surface area contributed by atoms with Crippen molar-refractivity contribution in [1.82, 2.24) is 9.88 Å². The van der Waals surface area contributed by atoms with Gasteiger partial charge in [0.25, 0.3) is 0 Å². The molecule has 0 N–H and O–H groups in total. The number of fused-ring (bicyclic) bond motifs is 1. The van der Waals surface area contributed by atoms with Gasteiger partial charge in [0.05, 0.1) is 29.1 Å². The topological polar surface area (TPSA) is 89.0 Å². The molecule has 0 radical (unpaired) electrons. The molecule has 1 amide bonds. The summed E-state index contributed by atoms with van der Waals surface area (Å²) in [4.78, 5) is 21.5. The molecule has 8 nitrogen and oxygen atoms in total. The van der Waals surface area contributed by atoms with E-state index < -0.39 is 9.84 Å². The number of amides is 1. The fourth-order valence-electron chi connectivity index (χ4n) is 3.75. The number of anilines is 1. The highest BCUT2D eigenvalue weighted by atomic mass is 32.2. The lowest BCUT2D eigenvalue weighted by atomic mass is 10.3. The van der Waals surface area contributed by atoms with Gasteiger partial charge in [0.1, 0.15) is 17.0 Å². The number of benzene rings is 2. The van der Waals surface area contributed by atoms with Gasteiger partial charge in [0.15, 0.2) is 15.0 Å². The van der Waals surface area contributed by atoms with Gasteiger partial charge in [0.2, 0.25) is 5.91 Å². The van der Waals surface area contributed by atoms with Crippen LogP contribution in [0.25, 0.3) is 10.2 Å². The number of rotatable bonds is 8. The molecule has 1 aromatic heterocycles. The van der Waals surface area contributed by atoms with Crippen LogP contribution in [0.4, 0.5) is 5.13 Å². The number of methoxy groups -OCH3 is 1. The van der Waals surface area contributed by atoms with Crippen molar-refractivity contribution < 1.29 is 22.7 Å². The van der Waals surface area contributed by atoms with E-state index >= 15 is 0 Å². The van der Waals surface area contributed by atoms with Gasteiger partial charge in [-0.05, 0) is 43.3 Å². The van der Waals surface area contributed by atoms with Gasteiger partial charge >= 0.3 is 0 Å². The molecule has 3 aromatic rings. The van der Waals surface area contributed by atoms with Crippen LogP contribution in [0.3, 0.4) is 0 Å². The molecule has 0 aliphatic carbocycles. The first kappa shape index (κ1) is 23.3. The molecule has 33 heavy (non-hydrogen) atoms. The second-order valence-corrected chi connectivity index (χ2v) is 10.8. The SMILES string of the molecule is CCOc1cccc2sc(N3CCN(C(=O)CCS(=O)(=O)c4ccc(OC)cc4)CC3)nc12. The van der Waals surface area contributed by atoms with E-state index in [0.717, 1.165) is 21.1 Å². The Bertz CT molecular complexity index is 1220. The van der Waals surface area contributed by atoms with Crippen molar-refractivity contribution in [2.75, 3.05) is 50.5 Å². The third-order valence-electron chi connectivity index (χ3n) is 5.58. The molecule has 0 atom stereocenters. The molecule has 0 bridgehead atoms. The Hall–Kier alpha value is -2.85. The van der Waals surface area contributed by atoms with Gasteiger partial charge in [-0.15, -0.1) is 0 Å². The summed E-state index contributed by atoms with van der Waals surface area (Å²) in [7, 11) is -2.01. The van der Waals surface area contributed by atoms with Crippen molar-refractivity contribution in [2.45, 2.75) is 18.2 Å². The van der Waals surface area contributed by atoms with E-state index in [-0.39, 0.29) is 23.0 Å². The summed E-state index contributed by atoms with van der Waals surface area (Å²) >= 11 is 1.61. The Morgan fingerprint density at radius 3 is 2.48 bits per heavy atom. The number of aromatic nitrogens is 1. The summed E-state index contributed by atoms with van der Waals surface area (Å²) in [6, 6.07) is 12.1. The van der Waals surface area contributed by atoms with Crippen molar-refractivity contribution >= 4 is 42.4 Å². The lowest BCUT2D eigenvalue weighted by molar-refractivity contribution is -0.131. The zero-order chi connectivity index (χ0) is 23.4. The van der Waals surface area contributed by atoms with Crippen LogP contribution in [0, 0.1) is 0 Å². The van der Waals surface area contributed by atoms with Crippen LogP contribution in [-0.2, 0) is 14.6 Å². The fourth-order valence-corrected chi connectivity index (χ4v) is 6.01. The summed E-state index contributed by atoms with van der Waals surface area (Å²) < 4.78 is 37.0. The zero-order valence-corrected chi connectivity index (χ0v) is 20.3. The summed E-state index contributed by atoms with van der Waals surface area (Å²) in [5.74, 6) is 1.01. The third kappa shape index (κ3) is 5.22. The van der Waals surface area contributed by atoms with Crippen molar-refractivity contribution in [3.63, 3.8) is 0 Å². The summed E-state index contributed by atoms with van der Waals surface area (Å²) in [6.07, 6.45) is -0.0345.